The third kappa shape index (κ3) is 3.69. The summed E-state index contributed by atoms with van der Waals surface area (Å²) < 4.78 is 0. The van der Waals surface area contributed by atoms with Crippen molar-refractivity contribution < 1.29 is 0 Å². The summed E-state index contributed by atoms with van der Waals surface area (Å²) in [7, 11) is 0. The Morgan fingerprint density at radius 3 is 2.46 bits per heavy atom. The van der Waals surface area contributed by atoms with Gasteiger partial charge in [-0.15, -0.1) is 0 Å². The minimum atomic E-state index is 0.920. The summed E-state index contributed by atoms with van der Waals surface area (Å²) in [6, 6.07) is 8.68. The van der Waals surface area contributed by atoms with Crippen LogP contribution in [0.1, 0.15) is 24.5 Å². The largest absolute Gasteiger partial charge is 0.179 e. The molecule has 0 amide bonds. The SMILES string of the molecule is CCc1ccc(C=CCCS)cc1. The van der Waals surface area contributed by atoms with Crippen LogP contribution in [0.5, 0.6) is 0 Å². The van der Waals surface area contributed by atoms with Crippen molar-refractivity contribution in [3.8, 4) is 0 Å². The second-order valence-electron chi connectivity index (χ2n) is 3.01. The Morgan fingerprint density at radius 1 is 1.23 bits per heavy atom. The molecule has 0 aliphatic carbocycles. The number of aryl methyl sites for hydroxylation is 1. The van der Waals surface area contributed by atoms with E-state index < -0.39 is 0 Å². The van der Waals surface area contributed by atoms with E-state index in [9.17, 15) is 0 Å². The molecule has 13 heavy (non-hydrogen) atoms. The van der Waals surface area contributed by atoms with Crippen LogP contribution in [-0.4, -0.2) is 5.75 Å². The highest BCUT2D eigenvalue weighted by atomic mass is 32.1. The molecule has 0 nitrogen and oxygen atoms in total. The monoisotopic (exact) mass is 192 g/mol. The topological polar surface area (TPSA) is 0 Å². The number of benzene rings is 1. The summed E-state index contributed by atoms with van der Waals surface area (Å²) in [5, 5.41) is 0. The molecule has 0 radical (unpaired) electrons. The van der Waals surface area contributed by atoms with Crippen LogP contribution in [0, 0.1) is 0 Å². The van der Waals surface area contributed by atoms with Crippen LogP contribution in [0.15, 0.2) is 30.3 Å². The zero-order chi connectivity index (χ0) is 9.52. The lowest BCUT2D eigenvalue weighted by Gasteiger charge is -1.96. The number of rotatable bonds is 4. The standard InChI is InChI=1S/C12H16S/c1-2-11-6-8-12(9-7-11)5-3-4-10-13/h3,5-9,13H,2,4,10H2,1H3. The maximum atomic E-state index is 4.15. The van der Waals surface area contributed by atoms with Crippen molar-refractivity contribution in [2.75, 3.05) is 5.75 Å². The molecule has 0 aliphatic heterocycles. The Hall–Kier alpha value is -0.690. The van der Waals surface area contributed by atoms with Crippen LogP contribution in [-0.2, 0) is 6.42 Å². The van der Waals surface area contributed by atoms with Crippen molar-refractivity contribution in [3.63, 3.8) is 0 Å². The summed E-state index contributed by atoms with van der Waals surface area (Å²) in [4.78, 5) is 0. The first-order chi connectivity index (χ1) is 6.36. The molecule has 0 aliphatic rings. The van der Waals surface area contributed by atoms with Crippen LogP contribution in [0.4, 0.5) is 0 Å². The van der Waals surface area contributed by atoms with Gasteiger partial charge >= 0.3 is 0 Å². The minimum absolute atomic E-state index is 0.920. The highest BCUT2D eigenvalue weighted by Crippen LogP contribution is 2.07. The number of allylic oxidation sites excluding steroid dienone is 1. The predicted molar refractivity (Wildman–Crippen MR) is 63.3 cm³/mol. The van der Waals surface area contributed by atoms with E-state index in [2.05, 4.69) is 56.0 Å². The first-order valence-corrected chi connectivity index (χ1v) is 5.36. The molecule has 0 saturated carbocycles. The molecular weight excluding hydrogens is 176 g/mol. The maximum Gasteiger partial charge on any atom is -0.00632 e. The normalized spacial score (nSPS) is 10.9. The van der Waals surface area contributed by atoms with Gasteiger partial charge in [-0.1, -0.05) is 43.3 Å². The summed E-state index contributed by atoms with van der Waals surface area (Å²) in [5.74, 6) is 0.920. The number of thiol groups is 1. The predicted octanol–water partition coefficient (Wildman–Crippen LogP) is 3.58. The van der Waals surface area contributed by atoms with Gasteiger partial charge in [-0.2, -0.15) is 12.6 Å². The smallest absolute Gasteiger partial charge is 0.00632 e. The average molecular weight is 192 g/mol. The van der Waals surface area contributed by atoms with E-state index in [1.807, 2.05) is 0 Å². The van der Waals surface area contributed by atoms with E-state index in [-0.39, 0.29) is 0 Å². The Kier molecular flexibility index (Phi) is 4.69. The molecule has 0 heterocycles. The quantitative estimate of drug-likeness (QED) is 0.693. The summed E-state index contributed by atoms with van der Waals surface area (Å²) in [5.41, 5.74) is 2.67. The number of hydrogen-bond donors (Lipinski definition) is 1. The molecule has 0 N–H and O–H groups in total. The van der Waals surface area contributed by atoms with Crippen molar-refractivity contribution in [1.82, 2.24) is 0 Å². The molecule has 0 spiro atoms. The van der Waals surface area contributed by atoms with Gasteiger partial charge in [-0.25, -0.2) is 0 Å². The molecule has 0 bridgehead atoms. The van der Waals surface area contributed by atoms with Gasteiger partial charge in [0.1, 0.15) is 0 Å². The van der Waals surface area contributed by atoms with Gasteiger partial charge in [0.2, 0.25) is 0 Å². The Labute approximate surface area is 86.1 Å². The van der Waals surface area contributed by atoms with Crippen LogP contribution in [0.2, 0.25) is 0 Å². The van der Waals surface area contributed by atoms with Gasteiger partial charge < -0.3 is 0 Å². The molecule has 70 valence electrons. The van der Waals surface area contributed by atoms with E-state index in [0.717, 1.165) is 18.6 Å². The van der Waals surface area contributed by atoms with E-state index in [0.29, 0.717) is 0 Å². The zero-order valence-electron chi connectivity index (χ0n) is 8.03. The summed E-state index contributed by atoms with van der Waals surface area (Å²) >= 11 is 4.15. The second-order valence-corrected chi connectivity index (χ2v) is 3.46. The molecule has 1 aromatic carbocycles. The Morgan fingerprint density at radius 2 is 1.92 bits per heavy atom. The van der Waals surface area contributed by atoms with E-state index >= 15 is 0 Å². The van der Waals surface area contributed by atoms with Gasteiger partial charge in [-0.3, -0.25) is 0 Å². The van der Waals surface area contributed by atoms with Crippen LogP contribution >= 0.6 is 12.6 Å². The van der Waals surface area contributed by atoms with E-state index in [1.165, 1.54) is 11.1 Å². The van der Waals surface area contributed by atoms with Crippen LogP contribution in [0.25, 0.3) is 6.08 Å². The lowest BCUT2D eigenvalue weighted by molar-refractivity contribution is 1.14. The van der Waals surface area contributed by atoms with Gasteiger partial charge in [0.25, 0.3) is 0 Å². The van der Waals surface area contributed by atoms with Crippen LogP contribution in [0.3, 0.4) is 0 Å². The average Bonchev–Trinajstić information content (AvgIpc) is 2.19. The highest BCUT2D eigenvalue weighted by molar-refractivity contribution is 7.80. The second kappa shape index (κ2) is 5.87. The van der Waals surface area contributed by atoms with Gasteiger partial charge in [-0.05, 0) is 29.7 Å². The molecule has 0 unspecified atom stereocenters. The summed E-state index contributed by atoms with van der Waals surface area (Å²) in [6.45, 7) is 2.17. The Bertz CT molecular complexity index is 259. The first-order valence-electron chi connectivity index (χ1n) is 4.73. The van der Waals surface area contributed by atoms with Crippen LogP contribution < -0.4 is 0 Å². The number of hydrogen-bond acceptors (Lipinski definition) is 1. The van der Waals surface area contributed by atoms with Crippen molar-refractivity contribution in [2.45, 2.75) is 19.8 Å². The van der Waals surface area contributed by atoms with Crippen molar-refractivity contribution >= 4 is 18.7 Å². The lowest BCUT2D eigenvalue weighted by atomic mass is 10.1. The van der Waals surface area contributed by atoms with E-state index in [1.54, 1.807) is 0 Å². The van der Waals surface area contributed by atoms with Gasteiger partial charge in [0.15, 0.2) is 0 Å². The third-order valence-corrected chi connectivity index (χ3v) is 2.25. The summed E-state index contributed by atoms with van der Waals surface area (Å²) in [6.07, 6.45) is 6.46. The highest BCUT2D eigenvalue weighted by Gasteiger charge is 1.88. The van der Waals surface area contributed by atoms with Crippen molar-refractivity contribution in [3.05, 3.63) is 41.5 Å². The molecule has 1 heteroatoms. The fourth-order valence-corrected chi connectivity index (χ4v) is 1.31. The molecule has 1 aromatic rings. The van der Waals surface area contributed by atoms with E-state index in [4.69, 9.17) is 0 Å². The lowest BCUT2D eigenvalue weighted by Crippen LogP contribution is -1.79. The van der Waals surface area contributed by atoms with Crippen molar-refractivity contribution in [1.29, 1.82) is 0 Å². The molecule has 1 rings (SSSR count). The fourth-order valence-electron chi connectivity index (χ4n) is 1.16. The third-order valence-electron chi connectivity index (χ3n) is 1.99. The van der Waals surface area contributed by atoms with Crippen molar-refractivity contribution in [2.24, 2.45) is 0 Å². The fraction of sp³-hybridized carbons (Fsp3) is 0.333. The molecule has 0 fully saturated rings. The van der Waals surface area contributed by atoms with Gasteiger partial charge in [0.05, 0.1) is 0 Å². The molecular formula is C12H16S. The molecule has 0 aromatic heterocycles. The molecule has 0 atom stereocenters. The maximum absolute atomic E-state index is 4.15. The Balaban J connectivity index is 2.58. The minimum Gasteiger partial charge on any atom is -0.179 e. The first kappa shape index (κ1) is 10.4. The van der Waals surface area contributed by atoms with Gasteiger partial charge in [0, 0.05) is 0 Å². The molecule has 0 saturated heterocycles. The zero-order valence-corrected chi connectivity index (χ0v) is 8.93.